The molecule has 0 aromatic carbocycles. The van der Waals surface area contributed by atoms with Crippen LogP contribution in [-0.2, 0) is 9.53 Å². The Hall–Kier alpha value is -1.30. The van der Waals surface area contributed by atoms with Crippen molar-refractivity contribution >= 4 is 5.97 Å². The van der Waals surface area contributed by atoms with Crippen molar-refractivity contribution in [1.82, 2.24) is 0 Å². The van der Waals surface area contributed by atoms with Gasteiger partial charge in [-0.15, -0.1) is 0 Å². The summed E-state index contributed by atoms with van der Waals surface area (Å²) in [6.45, 7) is 2.13. The molecule has 3 atom stereocenters. The Kier molecular flexibility index (Phi) is 2.77. The van der Waals surface area contributed by atoms with E-state index >= 15 is 0 Å². The van der Waals surface area contributed by atoms with Crippen LogP contribution in [-0.4, -0.2) is 12.6 Å². The molecule has 0 aromatic heterocycles. The summed E-state index contributed by atoms with van der Waals surface area (Å²) >= 11 is 0. The zero-order valence-electron chi connectivity index (χ0n) is 8.90. The van der Waals surface area contributed by atoms with Gasteiger partial charge in [0.25, 0.3) is 0 Å². The van der Waals surface area contributed by atoms with Crippen molar-refractivity contribution < 1.29 is 9.53 Å². The normalized spacial score (nSPS) is 29.5. The Balaban J connectivity index is 2.04. The van der Waals surface area contributed by atoms with Crippen molar-refractivity contribution in [2.24, 2.45) is 17.8 Å². The highest BCUT2D eigenvalue weighted by Gasteiger charge is 2.45. The van der Waals surface area contributed by atoms with E-state index in [-0.39, 0.29) is 11.9 Å². The number of hydrogen-bond donors (Lipinski definition) is 0. The van der Waals surface area contributed by atoms with Gasteiger partial charge in [-0.1, -0.05) is 11.6 Å². The van der Waals surface area contributed by atoms with Crippen molar-refractivity contribution in [2.75, 3.05) is 6.61 Å². The van der Waals surface area contributed by atoms with Crippen LogP contribution >= 0.6 is 0 Å². The fourth-order valence-electron chi connectivity index (χ4n) is 2.47. The molecule has 0 saturated heterocycles. The fourth-order valence-corrected chi connectivity index (χ4v) is 2.47. The smallest absolute Gasteiger partial charge is 0.323 e. The van der Waals surface area contributed by atoms with E-state index in [1.807, 2.05) is 0 Å². The summed E-state index contributed by atoms with van der Waals surface area (Å²) in [5.74, 6) is -0.193. The lowest BCUT2D eigenvalue weighted by Gasteiger charge is -2.21. The minimum absolute atomic E-state index is 0.203. The molecule has 0 spiro atoms. The number of carbonyl (C=O) groups is 1. The molecule has 1 saturated carbocycles. The van der Waals surface area contributed by atoms with Crippen LogP contribution in [0.15, 0.2) is 11.6 Å². The molecule has 2 aliphatic rings. The van der Waals surface area contributed by atoms with Gasteiger partial charge < -0.3 is 4.74 Å². The highest BCUT2D eigenvalue weighted by atomic mass is 16.5. The average molecular weight is 205 g/mol. The first-order valence-corrected chi connectivity index (χ1v) is 5.53. The summed E-state index contributed by atoms with van der Waals surface area (Å²) in [6, 6.07) is 2.11. The van der Waals surface area contributed by atoms with Gasteiger partial charge in [0.05, 0.1) is 12.7 Å². The fraction of sp³-hybridized carbons (Fsp3) is 0.667. The van der Waals surface area contributed by atoms with Crippen molar-refractivity contribution in [3.8, 4) is 6.07 Å². The quantitative estimate of drug-likeness (QED) is 0.523. The molecule has 3 unspecified atom stereocenters. The second-order valence-electron chi connectivity index (χ2n) is 4.19. The third-order valence-corrected chi connectivity index (χ3v) is 3.30. The van der Waals surface area contributed by atoms with Crippen LogP contribution in [0.2, 0.25) is 0 Å². The second-order valence-corrected chi connectivity index (χ2v) is 4.19. The predicted octanol–water partition coefficient (Wildman–Crippen LogP) is 2.05. The minimum Gasteiger partial charge on any atom is -0.465 e. The number of nitriles is 1. The van der Waals surface area contributed by atoms with E-state index in [9.17, 15) is 4.79 Å². The maximum Gasteiger partial charge on any atom is 0.323 e. The molecular formula is C12H15NO2. The lowest BCUT2D eigenvalue weighted by molar-refractivity contribution is -0.148. The molecule has 15 heavy (non-hydrogen) atoms. The molecule has 0 bridgehead atoms. The topological polar surface area (TPSA) is 50.1 Å². The third-order valence-electron chi connectivity index (χ3n) is 3.30. The number of esters is 1. The minimum atomic E-state index is -0.554. The summed E-state index contributed by atoms with van der Waals surface area (Å²) in [5, 5.41) is 9.04. The zero-order valence-corrected chi connectivity index (χ0v) is 8.90. The van der Waals surface area contributed by atoms with Gasteiger partial charge in [-0.3, -0.25) is 4.79 Å². The number of nitrogens with zero attached hydrogens (tertiary/aromatic N) is 1. The Bertz CT molecular complexity index is 340. The van der Waals surface area contributed by atoms with Crippen molar-refractivity contribution in [3.05, 3.63) is 11.6 Å². The SMILES string of the molecule is CCOC(=O)C(C#N)C1CCC=C2CC21. The lowest BCUT2D eigenvalue weighted by atomic mass is 9.83. The molecule has 2 aliphatic carbocycles. The van der Waals surface area contributed by atoms with Crippen molar-refractivity contribution in [2.45, 2.75) is 26.2 Å². The van der Waals surface area contributed by atoms with Crippen molar-refractivity contribution in [1.29, 1.82) is 5.26 Å². The summed E-state index contributed by atoms with van der Waals surface area (Å²) in [4.78, 5) is 11.6. The first-order valence-electron chi connectivity index (χ1n) is 5.53. The lowest BCUT2D eigenvalue weighted by Crippen LogP contribution is -2.27. The van der Waals surface area contributed by atoms with Crippen LogP contribution in [0, 0.1) is 29.1 Å². The molecule has 0 N–H and O–H groups in total. The summed E-state index contributed by atoms with van der Waals surface area (Å²) < 4.78 is 4.93. The molecule has 0 radical (unpaired) electrons. The van der Waals surface area contributed by atoms with Crippen molar-refractivity contribution in [3.63, 3.8) is 0 Å². The third kappa shape index (κ3) is 1.90. The van der Waals surface area contributed by atoms with E-state index in [0.29, 0.717) is 12.5 Å². The number of fused-ring (bicyclic) bond motifs is 1. The monoisotopic (exact) mass is 205 g/mol. The van der Waals surface area contributed by atoms with E-state index in [2.05, 4.69) is 12.1 Å². The van der Waals surface area contributed by atoms with Crippen LogP contribution < -0.4 is 0 Å². The number of rotatable bonds is 3. The van der Waals surface area contributed by atoms with Crippen LogP contribution in [0.25, 0.3) is 0 Å². The van der Waals surface area contributed by atoms with Gasteiger partial charge in [0.1, 0.15) is 5.92 Å². The molecule has 2 rings (SSSR count). The van der Waals surface area contributed by atoms with Gasteiger partial charge in [0.2, 0.25) is 0 Å². The van der Waals surface area contributed by atoms with E-state index in [4.69, 9.17) is 10.00 Å². The van der Waals surface area contributed by atoms with E-state index < -0.39 is 5.92 Å². The van der Waals surface area contributed by atoms with Gasteiger partial charge in [-0.05, 0) is 38.0 Å². The number of hydrogen-bond acceptors (Lipinski definition) is 3. The first kappa shape index (κ1) is 10.2. The van der Waals surface area contributed by atoms with E-state index in [0.717, 1.165) is 19.3 Å². The molecule has 3 heteroatoms. The Morgan fingerprint density at radius 1 is 1.80 bits per heavy atom. The molecule has 3 nitrogen and oxygen atoms in total. The Morgan fingerprint density at radius 3 is 3.27 bits per heavy atom. The van der Waals surface area contributed by atoms with Crippen LogP contribution in [0.4, 0.5) is 0 Å². The number of ether oxygens (including phenoxy) is 1. The molecule has 0 aromatic rings. The van der Waals surface area contributed by atoms with Crippen LogP contribution in [0.1, 0.15) is 26.2 Å². The Labute approximate surface area is 89.7 Å². The molecule has 1 fully saturated rings. The Morgan fingerprint density at radius 2 is 2.60 bits per heavy atom. The highest BCUT2D eigenvalue weighted by Crippen LogP contribution is 2.51. The summed E-state index contributed by atoms with van der Waals surface area (Å²) in [5.41, 5.74) is 1.44. The molecule has 0 heterocycles. The summed E-state index contributed by atoms with van der Waals surface area (Å²) in [6.07, 6.45) is 5.29. The van der Waals surface area contributed by atoms with Crippen LogP contribution in [0.5, 0.6) is 0 Å². The standard InChI is InChI=1S/C12H15NO2/c1-2-15-12(14)11(7-13)9-5-3-4-8-6-10(8)9/h4,9-11H,2-3,5-6H2,1H3. The highest BCUT2D eigenvalue weighted by molar-refractivity contribution is 5.76. The maximum atomic E-state index is 11.6. The first-order chi connectivity index (χ1) is 7.27. The molecule has 80 valence electrons. The van der Waals surface area contributed by atoms with Crippen LogP contribution in [0.3, 0.4) is 0 Å². The molecular weight excluding hydrogens is 190 g/mol. The van der Waals surface area contributed by atoms with Gasteiger partial charge >= 0.3 is 5.97 Å². The number of allylic oxidation sites excluding steroid dienone is 2. The van der Waals surface area contributed by atoms with Gasteiger partial charge in [-0.2, -0.15) is 5.26 Å². The van der Waals surface area contributed by atoms with Gasteiger partial charge in [0, 0.05) is 0 Å². The zero-order chi connectivity index (χ0) is 10.8. The summed E-state index contributed by atoms with van der Waals surface area (Å²) in [7, 11) is 0. The molecule has 0 aliphatic heterocycles. The average Bonchev–Trinajstić information content (AvgIpc) is 2.99. The largest absolute Gasteiger partial charge is 0.465 e. The second kappa shape index (κ2) is 4.06. The van der Waals surface area contributed by atoms with Gasteiger partial charge in [0.15, 0.2) is 0 Å². The van der Waals surface area contributed by atoms with Gasteiger partial charge in [-0.25, -0.2) is 0 Å². The molecule has 0 amide bonds. The maximum absolute atomic E-state index is 11.6. The predicted molar refractivity (Wildman–Crippen MR) is 54.7 cm³/mol. The van der Waals surface area contributed by atoms with E-state index in [1.165, 1.54) is 5.57 Å². The van der Waals surface area contributed by atoms with E-state index in [1.54, 1.807) is 6.92 Å². The number of carbonyl (C=O) groups excluding carboxylic acids is 1.